The van der Waals surface area contributed by atoms with Crippen LogP contribution in [-0.2, 0) is 26.7 Å². The van der Waals surface area contributed by atoms with E-state index in [9.17, 15) is 35.9 Å². The smallest absolute Gasteiger partial charge is 0.469 e. The zero-order valence-electron chi connectivity index (χ0n) is 21.9. The Morgan fingerprint density at radius 2 is 1.14 bits per heavy atom. The maximum atomic E-state index is 12.8. The number of alkyl halides is 6. The molecule has 7 nitrogen and oxygen atoms in total. The van der Waals surface area contributed by atoms with E-state index in [4.69, 9.17) is 17.5 Å². The van der Waals surface area contributed by atoms with Gasteiger partial charge in [-0.1, -0.05) is 0 Å². The molecule has 0 aromatic carbocycles. The molecule has 0 radical (unpaired) electrons. The number of halogens is 6. The van der Waals surface area contributed by atoms with Crippen molar-refractivity contribution in [2.24, 2.45) is 0 Å². The molecule has 0 heterocycles. The van der Waals surface area contributed by atoms with Crippen LogP contribution in [0.2, 0.25) is 65.0 Å². The van der Waals surface area contributed by atoms with Crippen LogP contribution in [-0.4, -0.2) is 69.3 Å². The van der Waals surface area contributed by atoms with E-state index in [2.05, 4.69) is 4.74 Å². The molecule has 0 atom stereocenters. The van der Waals surface area contributed by atoms with Crippen molar-refractivity contribution in [2.75, 3.05) is 0 Å². The highest BCUT2D eigenvalue weighted by Crippen LogP contribution is 2.37. The molecule has 0 spiro atoms. The lowest BCUT2D eigenvalue weighted by Crippen LogP contribution is -2.60. The molecule has 0 rings (SSSR count). The molecule has 0 saturated heterocycles. The third-order valence-electron chi connectivity index (χ3n) is 3.69. The zero-order chi connectivity index (χ0) is 29.0. The molecule has 0 aromatic rings. The van der Waals surface area contributed by atoms with E-state index >= 15 is 0 Å². The molecule has 0 bridgehead atoms. The van der Waals surface area contributed by atoms with Gasteiger partial charge >= 0.3 is 33.1 Å². The summed E-state index contributed by atoms with van der Waals surface area (Å²) < 4.78 is 99.8. The molecule has 0 aromatic heterocycles. The minimum Gasteiger partial charge on any atom is -0.478 e. The van der Waals surface area contributed by atoms with Crippen molar-refractivity contribution in [2.45, 2.75) is 96.3 Å². The minimum atomic E-state index is -5.92. The Morgan fingerprint density at radius 3 is 1.42 bits per heavy atom. The van der Waals surface area contributed by atoms with E-state index in [0.29, 0.717) is 0 Å². The van der Waals surface area contributed by atoms with Crippen LogP contribution in [0.4, 0.5) is 26.3 Å². The highest BCUT2D eigenvalue weighted by molar-refractivity contribution is 6.90. The van der Waals surface area contributed by atoms with Crippen molar-refractivity contribution in [1.29, 1.82) is 0 Å². The molecule has 0 unspecified atom stereocenters. The Labute approximate surface area is 211 Å². The van der Waals surface area contributed by atoms with E-state index in [1.165, 1.54) is 0 Å². The third-order valence-corrected chi connectivity index (χ3v) is 15.7. The summed E-state index contributed by atoms with van der Waals surface area (Å²) in [6.07, 6.45) is -16.5. The lowest BCUT2D eigenvalue weighted by atomic mass is 10.1. The van der Waals surface area contributed by atoms with Crippen LogP contribution in [0.5, 0.6) is 0 Å². The molecular weight excluding hydrogens is 567 g/mol. The number of carbonyl (C=O) groups is 2. The van der Waals surface area contributed by atoms with Gasteiger partial charge in [-0.05, 0) is 71.8 Å². The molecule has 0 amide bonds. The summed E-state index contributed by atoms with van der Waals surface area (Å²) in [5.41, 5.74) is -0.849. The third kappa shape index (κ3) is 14.7. The van der Waals surface area contributed by atoms with Gasteiger partial charge in [0, 0.05) is 17.7 Å². The Hall–Kier alpha value is -0.992. The SMILES string of the molecule is C[Si](C)(C)O[Si](CCC/C(=C\C(=O)O)C(=O)OC(C(F)(F)F)C(F)(F)F)(O[Si](C)(C)C)O[Si](C)(C)C. The summed E-state index contributed by atoms with van der Waals surface area (Å²) in [7, 11) is -10.3. The lowest BCUT2D eigenvalue weighted by Gasteiger charge is -2.43. The van der Waals surface area contributed by atoms with E-state index < -0.39 is 76.1 Å². The number of carboxylic acid groups (broad SMARTS) is 1. The largest absolute Gasteiger partial charge is 0.478 e. The first-order valence-corrected chi connectivity index (χ1v) is 23.2. The van der Waals surface area contributed by atoms with Crippen molar-refractivity contribution in [3.63, 3.8) is 0 Å². The molecule has 1 N–H and O–H groups in total. The normalized spacial score (nSPS) is 14.8. The van der Waals surface area contributed by atoms with Gasteiger partial charge in [-0.25, -0.2) is 9.59 Å². The van der Waals surface area contributed by atoms with Crippen LogP contribution < -0.4 is 0 Å². The number of aliphatic carboxylic acids is 1. The van der Waals surface area contributed by atoms with Crippen LogP contribution >= 0.6 is 0 Å². The first-order valence-electron chi connectivity index (χ1n) is 11.0. The minimum absolute atomic E-state index is 0.0530. The fourth-order valence-electron chi connectivity index (χ4n) is 2.99. The van der Waals surface area contributed by atoms with Crippen LogP contribution in [0.1, 0.15) is 12.8 Å². The number of hydrogen-bond donors (Lipinski definition) is 1. The fraction of sp³-hybridized carbons (Fsp3) is 0.789. The van der Waals surface area contributed by atoms with Crippen molar-refractivity contribution < 1.29 is 58.1 Å². The van der Waals surface area contributed by atoms with E-state index in [0.717, 1.165) is 0 Å². The monoisotopic (exact) mass is 602 g/mol. The van der Waals surface area contributed by atoms with Gasteiger partial charge in [-0.15, -0.1) is 0 Å². The Bertz CT molecular complexity index is 742. The number of carbonyl (C=O) groups excluding carboxylic acids is 1. The van der Waals surface area contributed by atoms with Crippen molar-refractivity contribution >= 4 is 45.7 Å². The van der Waals surface area contributed by atoms with E-state index in [1.807, 2.05) is 58.9 Å². The Balaban J connectivity index is 6.05. The molecule has 212 valence electrons. The van der Waals surface area contributed by atoms with Gasteiger partial charge in [0.05, 0.1) is 0 Å². The molecule has 0 aliphatic heterocycles. The predicted molar refractivity (Wildman–Crippen MR) is 131 cm³/mol. The van der Waals surface area contributed by atoms with E-state index in [-0.39, 0.29) is 18.5 Å². The maximum Gasteiger partial charge on any atom is 0.469 e. The summed E-state index contributed by atoms with van der Waals surface area (Å²) in [5, 5.41) is 9.03. The quantitative estimate of drug-likeness (QED) is 0.114. The highest BCUT2D eigenvalue weighted by Gasteiger charge is 2.60. The Kier molecular flexibility index (Phi) is 11.9. The molecular formula is C19H36F6O7Si4. The molecule has 0 aliphatic carbocycles. The van der Waals surface area contributed by atoms with Gasteiger partial charge in [0.1, 0.15) is 0 Å². The molecule has 0 fully saturated rings. The zero-order valence-corrected chi connectivity index (χ0v) is 25.9. The summed E-state index contributed by atoms with van der Waals surface area (Å²) in [6, 6.07) is 0.0814. The van der Waals surface area contributed by atoms with Gasteiger partial charge in [0.2, 0.25) is 0 Å². The average molecular weight is 603 g/mol. The summed E-state index contributed by atoms with van der Waals surface area (Å²) >= 11 is 0. The van der Waals surface area contributed by atoms with E-state index in [1.54, 1.807) is 0 Å². The highest BCUT2D eigenvalue weighted by atomic mass is 28.5. The van der Waals surface area contributed by atoms with Crippen molar-refractivity contribution in [1.82, 2.24) is 0 Å². The number of carboxylic acids is 1. The van der Waals surface area contributed by atoms with Crippen LogP contribution in [0.15, 0.2) is 11.6 Å². The standard InChI is InChI=1S/C19H36F6O7Si4/c1-33(2,3)30-36(31-34(4,5)6,32-35(7,8)9)12-10-11-14(13-15(26)27)16(28)29-17(18(20,21)22)19(23,24)25/h13,17H,10-12H2,1-9H3,(H,26,27)/b14-13+. The summed E-state index contributed by atoms with van der Waals surface area (Å²) in [6.45, 7) is 17.2. The number of esters is 1. The van der Waals surface area contributed by atoms with Crippen molar-refractivity contribution in [3.05, 3.63) is 11.6 Å². The van der Waals surface area contributed by atoms with Crippen molar-refractivity contribution in [3.8, 4) is 0 Å². The number of ether oxygens (including phenoxy) is 1. The van der Waals surface area contributed by atoms with Gasteiger partial charge in [-0.3, -0.25) is 0 Å². The second-order valence-corrected chi connectivity index (χ2v) is 28.0. The lowest BCUT2D eigenvalue weighted by molar-refractivity contribution is -0.312. The first-order chi connectivity index (χ1) is 15.7. The second kappa shape index (κ2) is 12.2. The van der Waals surface area contributed by atoms with Gasteiger partial charge in [-0.2, -0.15) is 26.3 Å². The number of rotatable bonds is 13. The summed E-state index contributed by atoms with van der Waals surface area (Å²) in [4.78, 5) is 23.3. The van der Waals surface area contributed by atoms with Gasteiger partial charge < -0.3 is 22.2 Å². The van der Waals surface area contributed by atoms with Gasteiger partial charge in [0.15, 0.2) is 25.0 Å². The Morgan fingerprint density at radius 1 is 0.778 bits per heavy atom. The topological polar surface area (TPSA) is 91.3 Å². The molecule has 36 heavy (non-hydrogen) atoms. The predicted octanol–water partition coefficient (Wildman–Crippen LogP) is 6.31. The molecule has 0 aliphatic rings. The second-order valence-electron chi connectivity index (χ2n) is 11.1. The van der Waals surface area contributed by atoms with Crippen LogP contribution in [0, 0.1) is 0 Å². The first kappa shape index (κ1) is 35.0. The summed E-state index contributed by atoms with van der Waals surface area (Å²) in [5.74, 6) is -3.75. The van der Waals surface area contributed by atoms with Gasteiger partial charge in [0.25, 0.3) is 6.10 Å². The molecule has 17 heteroatoms. The maximum absolute atomic E-state index is 12.8. The van der Waals surface area contributed by atoms with Crippen LogP contribution in [0.25, 0.3) is 0 Å². The average Bonchev–Trinajstić information content (AvgIpc) is 2.50. The fourth-order valence-corrected chi connectivity index (χ4v) is 17.7. The molecule has 0 saturated carbocycles. The number of hydrogen-bond acceptors (Lipinski definition) is 6. The van der Waals surface area contributed by atoms with Crippen LogP contribution in [0.3, 0.4) is 0 Å².